The molecule has 0 unspecified atom stereocenters. The zero-order valence-electron chi connectivity index (χ0n) is 24.4. The number of aliphatic carboxylic acids is 1. The molecule has 2 amide bonds. The number of aliphatic hydroxyl groups excluding tert-OH is 1. The molecule has 0 bridgehead atoms. The van der Waals surface area contributed by atoms with Gasteiger partial charge in [0.05, 0.1) is 22.7 Å². The molecule has 1 saturated heterocycles. The van der Waals surface area contributed by atoms with Gasteiger partial charge in [-0.3, -0.25) is 29.2 Å². The molecule has 2 heterocycles. The van der Waals surface area contributed by atoms with E-state index in [0.29, 0.717) is 30.6 Å². The van der Waals surface area contributed by atoms with Gasteiger partial charge in [-0.25, -0.2) is 5.43 Å². The van der Waals surface area contributed by atoms with Gasteiger partial charge in [0.25, 0.3) is 11.8 Å². The average molecular weight is 569 g/mol. The molecule has 41 heavy (non-hydrogen) atoms. The van der Waals surface area contributed by atoms with Crippen LogP contribution in [0.1, 0.15) is 71.7 Å². The largest absolute Gasteiger partial charge is 0.480 e. The standard InChI is InChI=1S/C30H40N4O7/c1-17(2)25(26(36)31-18(3)27(37)34-15-7-8-23(33-34)28(38)39)41-29(40)30(5,6)14-13-20-9-10-21-11-12-22(19(4)35)32-24(21)16-20/h9-14,16-19,23,25,33,35H,7-8,15H2,1-6H3,(H,31,36)(H,38,39)/t18-,19+,23-,25-/m0/s1. The smallest absolute Gasteiger partial charge is 0.322 e. The van der Waals surface area contributed by atoms with Crippen molar-refractivity contribution >= 4 is 40.7 Å². The van der Waals surface area contributed by atoms with Crippen LogP contribution in [0.25, 0.3) is 17.0 Å². The minimum atomic E-state index is -1.14. The fourth-order valence-corrected chi connectivity index (χ4v) is 4.33. The van der Waals surface area contributed by atoms with Crippen LogP contribution in [-0.2, 0) is 23.9 Å². The molecule has 1 aliphatic heterocycles. The Balaban J connectivity index is 1.66. The molecule has 0 spiro atoms. The summed E-state index contributed by atoms with van der Waals surface area (Å²) >= 11 is 0. The van der Waals surface area contributed by atoms with Gasteiger partial charge in [-0.2, -0.15) is 0 Å². The first-order valence-electron chi connectivity index (χ1n) is 13.8. The zero-order valence-corrected chi connectivity index (χ0v) is 24.4. The van der Waals surface area contributed by atoms with Crippen molar-refractivity contribution in [3.05, 3.63) is 47.7 Å². The van der Waals surface area contributed by atoms with Crippen LogP contribution >= 0.6 is 0 Å². The second-order valence-corrected chi connectivity index (χ2v) is 11.4. The summed E-state index contributed by atoms with van der Waals surface area (Å²) in [7, 11) is 0. The van der Waals surface area contributed by atoms with Crippen LogP contribution in [0, 0.1) is 11.3 Å². The highest BCUT2D eigenvalue weighted by Crippen LogP contribution is 2.25. The number of pyridine rings is 1. The Kier molecular flexibility index (Phi) is 10.2. The second kappa shape index (κ2) is 13.2. The summed E-state index contributed by atoms with van der Waals surface area (Å²) in [5.41, 5.74) is 3.68. The molecule has 0 saturated carbocycles. The number of amides is 2. The Morgan fingerprint density at radius 2 is 1.83 bits per heavy atom. The molecule has 4 N–H and O–H groups in total. The van der Waals surface area contributed by atoms with E-state index in [1.54, 1.807) is 52.8 Å². The Hall–Kier alpha value is -3.83. The molecule has 0 aliphatic carbocycles. The Labute approximate surface area is 239 Å². The van der Waals surface area contributed by atoms with Gasteiger partial charge in [-0.1, -0.05) is 44.2 Å². The van der Waals surface area contributed by atoms with Gasteiger partial charge in [0.2, 0.25) is 0 Å². The first-order valence-corrected chi connectivity index (χ1v) is 13.8. The summed E-state index contributed by atoms with van der Waals surface area (Å²) < 4.78 is 5.65. The Morgan fingerprint density at radius 3 is 2.46 bits per heavy atom. The van der Waals surface area contributed by atoms with E-state index in [9.17, 15) is 29.4 Å². The fourth-order valence-electron chi connectivity index (χ4n) is 4.33. The lowest BCUT2D eigenvalue weighted by Gasteiger charge is -2.34. The van der Waals surface area contributed by atoms with Crippen LogP contribution in [0.4, 0.5) is 0 Å². The van der Waals surface area contributed by atoms with E-state index in [1.165, 1.54) is 11.9 Å². The van der Waals surface area contributed by atoms with Crippen molar-refractivity contribution in [3.8, 4) is 0 Å². The number of carboxylic acids is 1. The number of hydrogen-bond acceptors (Lipinski definition) is 8. The third-order valence-electron chi connectivity index (χ3n) is 6.96. The van der Waals surface area contributed by atoms with E-state index in [-0.39, 0.29) is 5.92 Å². The predicted molar refractivity (Wildman–Crippen MR) is 153 cm³/mol. The van der Waals surface area contributed by atoms with Crippen molar-refractivity contribution < 1.29 is 34.1 Å². The number of nitrogens with zero attached hydrogens (tertiary/aromatic N) is 2. The number of carboxylic acid groups (broad SMARTS) is 1. The van der Waals surface area contributed by atoms with E-state index >= 15 is 0 Å². The SMILES string of the molecule is CC(C)[C@H](OC(=O)C(C)(C)C=Cc1ccc2ccc([C@@H](C)O)nc2c1)C(=O)N[C@@H](C)C(=O)N1CCC[C@@H](C(=O)O)N1. The van der Waals surface area contributed by atoms with E-state index in [1.807, 2.05) is 24.3 Å². The number of aliphatic hydroxyl groups is 1. The van der Waals surface area contributed by atoms with Crippen LogP contribution < -0.4 is 10.7 Å². The molecule has 11 nitrogen and oxygen atoms in total. The number of esters is 1. The van der Waals surface area contributed by atoms with Gasteiger partial charge in [0.15, 0.2) is 6.10 Å². The lowest BCUT2D eigenvalue weighted by Crippen LogP contribution is -2.60. The normalized spacial score (nSPS) is 18.2. The number of hydrazine groups is 1. The molecule has 0 radical (unpaired) electrons. The molecule has 1 fully saturated rings. The number of nitrogens with one attached hydrogen (secondary N) is 2. The van der Waals surface area contributed by atoms with Gasteiger partial charge in [0, 0.05) is 11.9 Å². The topological polar surface area (TPSA) is 158 Å². The molecule has 1 aromatic carbocycles. The van der Waals surface area contributed by atoms with E-state index < -0.39 is 53.5 Å². The summed E-state index contributed by atoms with van der Waals surface area (Å²) in [5, 5.41) is 23.8. The van der Waals surface area contributed by atoms with Gasteiger partial charge >= 0.3 is 11.9 Å². The van der Waals surface area contributed by atoms with Crippen molar-refractivity contribution in [1.82, 2.24) is 20.7 Å². The molecule has 3 rings (SSSR count). The Bertz CT molecular complexity index is 1320. The number of ether oxygens (including phenoxy) is 1. The van der Waals surface area contributed by atoms with E-state index in [4.69, 9.17) is 4.74 Å². The molecule has 222 valence electrons. The number of rotatable bonds is 10. The highest BCUT2D eigenvalue weighted by molar-refractivity contribution is 5.91. The van der Waals surface area contributed by atoms with Gasteiger partial charge in [-0.05, 0) is 64.2 Å². The van der Waals surface area contributed by atoms with Crippen LogP contribution in [0.3, 0.4) is 0 Å². The van der Waals surface area contributed by atoms with Crippen molar-refractivity contribution in [2.24, 2.45) is 11.3 Å². The number of carbonyl (C=O) groups excluding carboxylic acids is 3. The van der Waals surface area contributed by atoms with Crippen molar-refractivity contribution in [2.75, 3.05) is 6.54 Å². The van der Waals surface area contributed by atoms with E-state index in [0.717, 1.165) is 10.9 Å². The maximum Gasteiger partial charge on any atom is 0.322 e. The number of aromatic nitrogens is 1. The lowest BCUT2D eigenvalue weighted by molar-refractivity contribution is -0.165. The Morgan fingerprint density at radius 1 is 1.15 bits per heavy atom. The van der Waals surface area contributed by atoms with Gasteiger partial charge in [-0.15, -0.1) is 0 Å². The van der Waals surface area contributed by atoms with Crippen LogP contribution in [0.2, 0.25) is 0 Å². The predicted octanol–water partition coefficient (Wildman–Crippen LogP) is 2.98. The highest BCUT2D eigenvalue weighted by atomic mass is 16.5. The minimum absolute atomic E-state index is 0.320. The second-order valence-electron chi connectivity index (χ2n) is 11.4. The van der Waals surface area contributed by atoms with Crippen LogP contribution in [-0.4, -0.2) is 68.7 Å². The molecular formula is C30H40N4O7. The summed E-state index contributed by atoms with van der Waals surface area (Å²) in [6.45, 7) is 10.3. The number of carbonyl (C=O) groups is 4. The summed E-state index contributed by atoms with van der Waals surface area (Å²) in [6.07, 6.45) is 2.55. The average Bonchev–Trinajstić information content (AvgIpc) is 2.93. The summed E-state index contributed by atoms with van der Waals surface area (Å²) in [5.74, 6) is -3.13. The fraction of sp³-hybridized carbons (Fsp3) is 0.500. The molecule has 2 aromatic rings. The van der Waals surface area contributed by atoms with Crippen molar-refractivity contribution in [3.63, 3.8) is 0 Å². The maximum atomic E-state index is 13.2. The molecule has 11 heteroatoms. The summed E-state index contributed by atoms with van der Waals surface area (Å²) in [4.78, 5) is 54.9. The zero-order chi connectivity index (χ0) is 30.5. The molecule has 4 atom stereocenters. The van der Waals surface area contributed by atoms with Gasteiger partial charge in [0.1, 0.15) is 12.1 Å². The highest BCUT2D eigenvalue weighted by Gasteiger charge is 2.36. The molecule has 1 aliphatic rings. The van der Waals surface area contributed by atoms with Crippen LogP contribution in [0.15, 0.2) is 36.4 Å². The number of benzene rings is 1. The third kappa shape index (κ3) is 8.11. The molecule has 1 aromatic heterocycles. The monoisotopic (exact) mass is 568 g/mol. The summed E-state index contributed by atoms with van der Waals surface area (Å²) in [6, 6.07) is 7.48. The first-order chi connectivity index (χ1) is 19.2. The number of fused-ring (bicyclic) bond motifs is 1. The lowest BCUT2D eigenvalue weighted by atomic mass is 9.92. The maximum absolute atomic E-state index is 13.2. The van der Waals surface area contributed by atoms with Crippen LogP contribution in [0.5, 0.6) is 0 Å². The van der Waals surface area contributed by atoms with E-state index in [2.05, 4.69) is 15.7 Å². The van der Waals surface area contributed by atoms with Crippen molar-refractivity contribution in [1.29, 1.82) is 0 Å². The third-order valence-corrected chi connectivity index (χ3v) is 6.96. The quantitative estimate of drug-likeness (QED) is 0.316. The minimum Gasteiger partial charge on any atom is -0.480 e. The first kappa shape index (κ1) is 31.7. The van der Waals surface area contributed by atoms with Crippen molar-refractivity contribution in [2.45, 2.75) is 78.7 Å². The molecular weight excluding hydrogens is 528 g/mol. The number of hydrogen-bond donors (Lipinski definition) is 4. The van der Waals surface area contributed by atoms with Gasteiger partial charge < -0.3 is 20.3 Å².